The molecule has 0 aliphatic rings. The molecule has 0 aliphatic heterocycles. The van der Waals surface area contributed by atoms with Gasteiger partial charge in [0.15, 0.2) is 0 Å². The molecule has 0 saturated carbocycles. The van der Waals surface area contributed by atoms with Crippen molar-refractivity contribution in [3.05, 3.63) is 60.4 Å². The second kappa shape index (κ2) is 8.62. The summed E-state index contributed by atoms with van der Waals surface area (Å²) in [5, 5.41) is 10.4. The van der Waals surface area contributed by atoms with Crippen LogP contribution in [0.3, 0.4) is 0 Å². The molecule has 158 valence electrons. The fourth-order valence-electron chi connectivity index (χ4n) is 2.57. The first-order valence-electron chi connectivity index (χ1n) is 8.61. The molecule has 1 aromatic heterocycles. The lowest BCUT2D eigenvalue weighted by atomic mass is 10.1. The number of phenols is 1. The standard InChI is InChI=1S/C19H16F3N3O3S2/c1-2-25-30(27,28)16-11-12(3-8-15(16)26)17-18(24-10-9-23-17)29-14-6-4-13(5-7-14)19(20,21)22/h3-11,25-26H,2H2,1H3. The minimum absolute atomic E-state index is 0.145. The zero-order chi connectivity index (χ0) is 21.9. The number of hydrogen-bond acceptors (Lipinski definition) is 6. The average molecular weight is 455 g/mol. The molecule has 0 amide bonds. The van der Waals surface area contributed by atoms with Gasteiger partial charge in [0.05, 0.1) is 5.56 Å². The molecule has 30 heavy (non-hydrogen) atoms. The smallest absolute Gasteiger partial charge is 0.416 e. The zero-order valence-electron chi connectivity index (χ0n) is 15.5. The molecule has 0 saturated heterocycles. The van der Waals surface area contributed by atoms with Crippen molar-refractivity contribution in [2.45, 2.75) is 27.9 Å². The molecule has 3 aromatic rings. The first kappa shape index (κ1) is 22.1. The van der Waals surface area contributed by atoms with Crippen molar-refractivity contribution in [1.82, 2.24) is 14.7 Å². The van der Waals surface area contributed by atoms with E-state index in [4.69, 9.17) is 0 Å². The van der Waals surface area contributed by atoms with E-state index in [-0.39, 0.29) is 11.4 Å². The summed E-state index contributed by atoms with van der Waals surface area (Å²) in [4.78, 5) is 8.66. The van der Waals surface area contributed by atoms with E-state index in [1.807, 2.05) is 0 Å². The van der Waals surface area contributed by atoms with Crippen molar-refractivity contribution < 1.29 is 26.7 Å². The third-order valence-corrected chi connectivity index (χ3v) is 6.49. The molecule has 3 rings (SSSR count). The molecule has 0 atom stereocenters. The first-order chi connectivity index (χ1) is 14.1. The summed E-state index contributed by atoms with van der Waals surface area (Å²) in [6.45, 7) is 1.76. The summed E-state index contributed by atoms with van der Waals surface area (Å²) >= 11 is 1.09. The Labute approximate surface area is 175 Å². The first-order valence-corrected chi connectivity index (χ1v) is 10.9. The van der Waals surface area contributed by atoms with Crippen LogP contribution in [0.25, 0.3) is 11.3 Å². The van der Waals surface area contributed by atoms with E-state index in [0.717, 1.165) is 23.9 Å². The highest BCUT2D eigenvalue weighted by atomic mass is 32.2. The summed E-state index contributed by atoms with van der Waals surface area (Å²) in [5.41, 5.74) is -0.0508. The number of aromatic hydroxyl groups is 1. The maximum Gasteiger partial charge on any atom is 0.416 e. The molecule has 0 bridgehead atoms. The zero-order valence-corrected chi connectivity index (χ0v) is 17.1. The van der Waals surface area contributed by atoms with Crippen LogP contribution in [-0.4, -0.2) is 30.0 Å². The van der Waals surface area contributed by atoms with Crippen LogP contribution in [0.2, 0.25) is 0 Å². The van der Waals surface area contributed by atoms with Crippen LogP contribution in [0.5, 0.6) is 5.75 Å². The van der Waals surface area contributed by atoms with Gasteiger partial charge in [-0.2, -0.15) is 13.2 Å². The highest BCUT2D eigenvalue weighted by Gasteiger charge is 2.30. The number of alkyl halides is 3. The van der Waals surface area contributed by atoms with Crippen molar-refractivity contribution in [3.8, 4) is 17.0 Å². The summed E-state index contributed by atoms with van der Waals surface area (Å²) in [7, 11) is -3.92. The molecule has 11 heteroatoms. The number of phenolic OH excluding ortho intramolecular Hbond substituents is 1. The van der Waals surface area contributed by atoms with Crippen LogP contribution < -0.4 is 4.72 Å². The lowest BCUT2D eigenvalue weighted by molar-refractivity contribution is -0.137. The number of hydrogen-bond donors (Lipinski definition) is 2. The van der Waals surface area contributed by atoms with Gasteiger partial charge in [-0.15, -0.1) is 0 Å². The predicted molar refractivity (Wildman–Crippen MR) is 106 cm³/mol. The van der Waals surface area contributed by atoms with E-state index in [0.29, 0.717) is 21.2 Å². The minimum atomic E-state index is -4.43. The van der Waals surface area contributed by atoms with Gasteiger partial charge in [0.1, 0.15) is 21.4 Å². The Bertz CT molecular complexity index is 1150. The third kappa shape index (κ3) is 4.91. The van der Waals surface area contributed by atoms with Crippen molar-refractivity contribution in [3.63, 3.8) is 0 Å². The Hall–Kier alpha value is -2.63. The van der Waals surface area contributed by atoms with Crippen LogP contribution in [0, 0.1) is 0 Å². The Morgan fingerprint density at radius 2 is 1.73 bits per heavy atom. The lowest BCUT2D eigenvalue weighted by Crippen LogP contribution is -2.23. The molecule has 0 spiro atoms. The Morgan fingerprint density at radius 1 is 1.07 bits per heavy atom. The minimum Gasteiger partial charge on any atom is -0.507 e. The van der Waals surface area contributed by atoms with Gasteiger partial charge in [0.2, 0.25) is 10.0 Å². The maximum atomic E-state index is 12.7. The molecule has 0 radical (unpaired) electrons. The number of rotatable bonds is 6. The molecule has 6 nitrogen and oxygen atoms in total. The van der Waals surface area contributed by atoms with Crippen LogP contribution in [0.1, 0.15) is 12.5 Å². The van der Waals surface area contributed by atoms with Crippen molar-refractivity contribution in [2.75, 3.05) is 6.54 Å². The highest BCUT2D eigenvalue weighted by Crippen LogP contribution is 2.37. The molecule has 0 unspecified atom stereocenters. The SMILES string of the molecule is CCNS(=O)(=O)c1cc(-c2nccnc2Sc2ccc(C(F)(F)F)cc2)ccc1O. The summed E-state index contributed by atoms with van der Waals surface area (Å²) in [5.74, 6) is -0.416. The van der Waals surface area contributed by atoms with Gasteiger partial charge >= 0.3 is 6.18 Å². The van der Waals surface area contributed by atoms with Crippen molar-refractivity contribution in [2.24, 2.45) is 0 Å². The Kier molecular flexibility index (Phi) is 6.34. The van der Waals surface area contributed by atoms with Crippen LogP contribution >= 0.6 is 11.8 Å². The van der Waals surface area contributed by atoms with E-state index in [9.17, 15) is 26.7 Å². The molecular formula is C19H16F3N3O3S2. The van der Waals surface area contributed by atoms with Gasteiger partial charge in [-0.1, -0.05) is 18.7 Å². The quantitative estimate of drug-likeness (QED) is 0.575. The van der Waals surface area contributed by atoms with E-state index < -0.39 is 27.5 Å². The number of nitrogens with one attached hydrogen (secondary N) is 1. The van der Waals surface area contributed by atoms with E-state index in [1.165, 1.54) is 42.7 Å². The van der Waals surface area contributed by atoms with Crippen LogP contribution in [-0.2, 0) is 16.2 Å². The number of nitrogens with zero attached hydrogens (tertiary/aromatic N) is 2. The number of aromatic nitrogens is 2. The highest BCUT2D eigenvalue weighted by molar-refractivity contribution is 7.99. The number of sulfonamides is 1. The number of benzene rings is 2. The fourth-order valence-corrected chi connectivity index (χ4v) is 4.60. The summed E-state index contributed by atoms with van der Waals surface area (Å²) < 4.78 is 65.2. The van der Waals surface area contributed by atoms with Gasteiger partial charge in [0, 0.05) is 29.4 Å². The maximum absolute atomic E-state index is 12.7. The molecular weight excluding hydrogens is 439 g/mol. The second-order valence-electron chi connectivity index (χ2n) is 6.02. The van der Waals surface area contributed by atoms with E-state index >= 15 is 0 Å². The molecule has 1 heterocycles. The topological polar surface area (TPSA) is 92.2 Å². The van der Waals surface area contributed by atoms with E-state index in [1.54, 1.807) is 6.92 Å². The fraction of sp³-hybridized carbons (Fsp3) is 0.158. The largest absolute Gasteiger partial charge is 0.507 e. The molecule has 0 fully saturated rings. The van der Waals surface area contributed by atoms with Gasteiger partial charge in [-0.05, 0) is 42.5 Å². The summed E-state index contributed by atoms with van der Waals surface area (Å²) in [6, 6.07) is 8.59. The van der Waals surface area contributed by atoms with E-state index in [2.05, 4.69) is 14.7 Å². The second-order valence-corrected chi connectivity index (χ2v) is 8.82. The third-order valence-electron chi connectivity index (χ3n) is 3.92. The Morgan fingerprint density at radius 3 is 2.37 bits per heavy atom. The van der Waals surface area contributed by atoms with Crippen molar-refractivity contribution >= 4 is 21.8 Å². The van der Waals surface area contributed by atoms with Crippen LogP contribution in [0.15, 0.2) is 69.7 Å². The molecule has 2 aromatic carbocycles. The van der Waals surface area contributed by atoms with Gasteiger partial charge in [-0.25, -0.2) is 18.1 Å². The predicted octanol–water partition coefficient (Wildman–Crippen LogP) is 4.32. The lowest BCUT2D eigenvalue weighted by Gasteiger charge is -2.11. The molecule has 2 N–H and O–H groups in total. The van der Waals surface area contributed by atoms with Crippen LogP contribution in [0.4, 0.5) is 13.2 Å². The van der Waals surface area contributed by atoms with Gasteiger partial charge < -0.3 is 5.11 Å². The monoisotopic (exact) mass is 455 g/mol. The van der Waals surface area contributed by atoms with Crippen molar-refractivity contribution in [1.29, 1.82) is 0 Å². The Balaban J connectivity index is 1.98. The normalized spacial score (nSPS) is 12.1. The molecule has 0 aliphatic carbocycles. The average Bonchev–Trinajstić information content (AvgIpc) is 2.68. The number of halogens is 3. The summed E-state index contributed by atoms with van der Waals surface area (Å²) in [6.07, 6.45) is -1.59. The van der Waals surface area contributed by atoms with Gasteiger partial charge in [-0.3, -0.25) is 4.98 Å². The van der Waals surface area contributed by atoms with Gasteiger partial charge in [0.25, 0.3) is 0 Å².